The fourth-order valence-electron chi connectivity index (χ4n) is 2.84. The van der Waals surface area contributed by atoms with Crippen LogP contribution in [-0.4, -0.2) is 37.6 Å². The Kier molecular flexibility index (Phi) is 5.72. The molecule has 28 heavy (non-hydrogen) atoms. The van der Waals surface area contributed by atoms with Crippen LogP contribution >= 0.6 is 0 Å². The fraction of sp³-hybridized carbons (Fsp3) is 0.100. The third kappa shape index (κ3) is 3.88. The number of fused-ring (bicyclic) bond motifs is 1. The largest absolute Gasteiger partial charge is 0.497 e. The molecule has 0 bridgehead atoms. The number of hydrogen-bond acceptors (Lipinski definition) is 5. The lowest BCUT2D eigenvalue weighted by Crippen LogP contribution is -1.96. The molecule has 0 saturated carbocycles. The highest BCUT2D eigenvalue weighted by atomic mass is 32.2. The van der Waals surface area contributed by atoms with Gasteiger partial charge in [-0.15, -0.1) is 5.10 Å². The molecule has 4 aromatic rings. The average molecular weight is 398 g/mol. The lowest BCUT2D eigenvalue weighted by atomic mass is 10.1. The molecule has 0 radical (unpaired) electrons. The van der Waals surface area contributed by atoms with Gasteiger partial charge in [-0.1, -0.05) is 24.3 Å². The number of anilines is 2. The van der Waals surface area contributed by atoms with E-state index in [1.165, 1.54) is 0 Å². The van der Waals surface area contributed by atoms with Crippen molar-refractivity contribution in [1.29, 1.82) is 0 Å². The second-order valence-corrected chi connectivity index (χ2v) is 7.34. The van der Waals surface area contributed by atoms with E-state index >= 15 is 0 Å². The second kappa shape index (κ2) is 8.20. The van der Waals surface area contributed by atoms with Gasteiger partial charge in [-0.05, 0) is 36.4 Å². The molecule has 0 aliphatic rings. The van der Waals surface area contributed by atoms with Gasteiger partial charge in [0.2, 0.25) is 5.95 Å². The molecule has 0 spiro atoms. The summed E-state index contributed by atoms with van der Waals surface area (Å²) in [5.41, 5.74) is 3.38. The standard InChI is InChI=1S/C20H18N4O2S.H2O.H2/c1-26-16-8-4-7-15(13-16)21-20-22-19-11-5-10-18(24(19)23-20)14-6-3-9-17(12-14)27(2)25;;/h3-13H,1-2H3,(H,21,23);1H2;1H. The van der Waals surface area contributed by atoms with Gasteiger partial charge in [0, 0.05) is 40.7 Å². The summed E-state index contributed by atoms with van der Waals surface area (Å²) in [6.45, 7) is 0. The maximum atomic E-state index is 11.8. The van der Waals surface area contributed by atoms with Gasteiger partial charge in [0.1, 0.15) is 5.75 Å². The summed E-state index contributed by atoms with van der Waals surface area (Å²) < 4.78 is 18.8. The Morgan fingerprint density at radius 2 is 1.86 bits per heavy atom. The maximum Gasteiger partial charge on any atom is 0.247 e. The molecular formula is C20H22N4O3S. The molecule has 1 unspecified atom stereocenters. The number of nitrogens with zero attached hydrogens (tertiary/aromatic N) is 3. The lowest BCUT2D eigenvalue weighted by Gasteiger charge is -2.06. The molecule has 0 fully saturated rings. The lowest BCUT2D eigenvalue weighted by molar-refractivity contribution is 0.415. The SMILES string of the molecule is COc1cccc(Nc2nc3cccc(-c4cccc(S(C)=O)c4)n3n2)c1.O.[HH]. The molecule has 8 heteroatoms. The van der Waals surface area contributed by atoms with Gasteiger partial charge in [-0.25, -0.2) is 4.52 Å². The van der Waals surface area contributed by atoms with Gasteiger partial charge >= 0.3 is 0 Å². The summed E-state index contributed by atoms with van der Waals surface area (Å²) in [5.74, 6) is 1.25. The van der Waals surface area contributed by atoms with Crippen LogP contribution in [0.5, 0.6) is 5.75 Å². The normalized spacial score (nSPS) is 11.6. The summed E-state index contributed by atoms with van der Waals surface area (Å²) in [7, 11) is 0.590. The van der Waals surface area contributed by atoms with E-state index in [4.69, 9.17) is 4.74 Å². The summed E-state index contributed by atoms with van der Waals surface area (Å²) in [6.07, 6.45) is 1.67. The van der Waals surface area contributed by atoms with E-state index in [2.05, 4.69) is 15.4 Å². The molecule has 0 saturated heterocycles. The minimum Gasteiger partial charge on any atom is -0.497 e. The molecule has 3 N–H and O–H groups in total. The van der Waals surface area contributed by atoms with Crippen LogP contribution in [0.2, 0.25) is 0 Å². The van der Waals surface area contributed by atoms with Crippen LogP contribution in [0, 0.1) is 0 Å². The molecule has 0 aliphatic heterocycles. The van der Waals surface area contributed by atoms with E-state index in [1.807, 2.05) is 66.7 Å². The first-order valence-corrected chi connectivity index (χ1v) is 9.90. The first-order chi connectivity index (χ1) is 13.1. The van der Waals surface area contributed by atoms with E-state index in [-0.39, 0.29) is 6.90 Å². The van der Waals surface area contributed by atoms with Crippen LogP contribution in [0.15, 0.2) is 71.6 Å². The second-order valence-electron chi connectivity index (χ2n) is 5.96. The first kappa shape index (κ1) is 19.5. The van der Waals surface area contributed by atoms with Crippen LogP contribution in [0.25, 0.3) is 16.9 Å². The zero-order valence-corrected chi connectivity index (χ0v) is 16.2. The smallest absolute Gasteiger partial charge is 0.247 e. The third-order valence-corrected chi connectivity index (χ3v) is 5.07. The molecule has 0 aliphatic carbocycles. The molecular weight excluding hydrogens is 376 g/mol. The van der Waals surface area contributed by atoms with Crippen molar-refractivity contribution in [1.82, 2.24) is 14.6 Å². The number of hydrogen-bond donors (Lipinski definition) is 1. The van der Waals surface area contributed by atoms with Crippen molar-refractivity contribution in [2.45, 2.75) is 4.90 Å². The Morgan fingerprint density at radius 3 is 2.64 bits per heavy atom. The Bertz CT molecular complexity index is 1150. The highest BCUT2D eigenvalue weighted by Crippen LogP contribution is 2.24. The van der Waals surface area contributed by atoms with Crippen molar-refractivity contribution in [3.63, 3.8) is 0 Å². The van der Waals surface area contributed by atoms with Crippen LogP contribution in [0.1, 0.15) is 1.43 Å². The first-order valence-electron chi connectivity index (χ1n) is 8.35. The predicted octanol–water partition coefficient (Wildman–Crippen LogP) is 3.31. The van der Waals surface area contributed by atoms with Crippen molar-refractivity contribution in [2.24, 2.45) is 0 Å². The molecule has 1 atom stereocenters. The third-order valence-electron chi connectivity index (χ3n) is 4.15. The van der Waals surface area contributed by atoms with E-state index in [9.17, 15) is 4.21 Å². The maximum absolute atomic E-state index is 11.8. The number of nitrogens with one attached hydrogen (secondary N) is 1. The molecule has 2 aromatic carbocycles. The molecule has 7 nitrogen and oxygen atoms in total. The zero-order chi connectivity index (χ0) is 18.8. The summed E-state index contributed by atoms with van der Waals surface area (Å²) in [6, 6.07) is 21.0. The van der Waals surface area contributed by atoms with Gasteiger partial charge in [0.15, 0.2) is 5.65 Å². The summed E-state index contributed by atoms with van der Waals surface area (Å²) in [5, 5.41) is 7.80. The molecule has 146 valence electrons. The Labute approximate surface area is 166 Å². The predicted molar refractivity (Wildman–Crippen MR) is 113 cm³/mol. The summed E-state index contributed by atoms with van der Waals surface area (Å²) in [4.78, 5) is 5.32. The van der Waals surface area contributed by atoms with Gasteiger partial charge < -0.3 is 15.5 Å². The van der Waals surface area contributed by atoms with Gasteiger partial charge in [-0.3, -0.25) is 4.21 Å². The Balaban J connectivity index is 0.00000150. The molecule has 2 aromatic heterocycles. The number of ether oxygens (including phenoxy) is 1. The number of rotatable bonds is 5. The molecule has 2 heterocycles. The minimum absolute atomic E-state index is 0. The molecule has 4 rings (SSSR count). The van der Waals surface area contributed by atoms with Crippen LogP contribution < -0.4 is 10.1 Å². The fourth-order valence-corrected chi connectivity index (χ4v) is 3.40. The average Bonchev–Trinajstić information content (AvgIpc) is 3.10. The quantitative estimate of drug-likeness (QED) is 0.556. The minimum atomic E-state index is -1.04. The van der Waals surface area contributed by atoms with Gasteiger partial charge in [0.05, 0.1) is 12.8 Å². The number of aromatic nitrogens is 3. The van der Waals surface area contributed by atoms with Crippen molar-refractivity contribution >= 4 is 28.1 Å². The van der Waals surface area contributed by atoms with Crippen LogP contribution in [0.3, 0.4) is 0 Å². The van der Waals surface area contributed by atoms with E-state index < -0.39 is 10.8 Å². The van der Waals surface area contributed by atoms with E-state index in [0.717, 1.165) is 33.2 Å². The van der Waals surface area contributed by atoms with Crippen molar-refractivity contribution in [3.05, 3.63) is 66.7 Å². The molecule has 0 amide bonds. The monoisotopic (exact) mass is 398 g/mol. The van der Waals surface area contributed by atoms with E-state index in [1.54, 1.807) is 17.9 Å². The van der Waals surface area contributed by atoms with Crippen molar-refractivity contribution in [3.8, 4) is 17.0 Å². The number of pyridine rings is 1. The van der Waals surface area contributed by atoms with Crippen molar-refractivity contribution < 1.29 is 15.8 Å². The van der Waals surface area contributed by atoms with E-state index in [0.29, 0.717) is 5.95 Å². The van der Waals surface area contributed by atoms with Crippen LogP contribution in [0.4, 0.5) is 11.6 Å². The Morgan fingerprint density at radius 1 is 1.07 bits per heavy atom. The number of benzene rings is 2. The Hall–Kier alpha value is -3.23. The topological polar surface area (TPSA) is 100 Å². The zero-order valence-electron chi connectivity index (χ0n) is 15.4. The summed E-state index contributed by atoms with van der Waals surface area (Å²) >= 11 is 0. The highest BCUT2D eigenvalue weighted by Gasteiger charge is 2.10. The van der Waals surface area contributed by atoms with Gasteiger partial charge in [-0.2, -0.15) is 4.98 Å². The highest BCUT2D eigenvalue weighted by molar-refractivity contribution is 7.84. The van der Waals surface area contributed by atoms with Crippen LogP contribution in [-0.2, 0) is 10.8 Å². The number of methoxy groups -OCH3 is 1. The van der Waals surface area contributed by atoms with Crippen molar-refractivity contribution in [2.75, 3.05) is 18.7 Å². The van der Waals surface area contributed by atoms with Gasteiger partial charge in [0.25, 0.3) is 0 Å².